The van der Waals surface area contributed by atoms with Crippen molar-refractivity contribution in [1.82, 2.24) is 20.3 Å². The molecule has 0 saturated carbocycles. The van der Waals surface area contributed by atoms with Gasteiger partial charge in [-0.3, -0.25) is 0 Å². The lowest BCUT2D eigenvalue weighted by molar-refractivity contribution is 0.407. The summed E-state index contributed by atoms with van der Waals surface area (Å²) in [5, 5.41) is 11.6. The Bertz CT molecular complexity index is 556. The van der Waals surface area contributed by atoms with Gasteiger partial charge in [-0.15, -0.1) is 5.10 Å². The van der Waals surface area contributed by atoms with Gasteiger partial charge in [0, 0.05) is 16.6 Å². The van der Waals surface area contributed by atoms with Gasteiger partial charge in [0.25, 0.3) is 0 Å². The number of halogens is 1. The lowest BCUT2D eigenvalue weighted by Crippen LogP contribution is -2.13. The SMILES string of the molecule is CCCNCc1cn(Cc2cc(Br)ccc2OC)nn1. The fourth-order valence-electron chi connectivity index (χ4n) is 1.94. The molecule has 0 fully saturated rings. The molecule has 0 radical (unpaired) electrons. The van der Waals surface area contributed by atoms with E-state index in [0.29, 0.717) is 6.54 Å². The fraction of sp³-hybridized carbons (Fsp3) is 0.429. The van der Waals surface area contributed by atoms with E-state index in [1.165, 1.54) is 0 Å². The zero-order valence-electron chi connectivity index (χ0n) is 11.8. The smallest absolute Gasteiger partial charge is 0.124 e. The lowest BCUT2D eigenvalue weighted by Gasteiger charge is -2.08. The summed E-state index contributed by atoms with van der Waals surface area (Å²) in [5.41, 5.74) is 2.02. The number of nitrogens with one attached hydrogen (secondary N) is 1. The predicted octanol–water partition coefficient (Wildman–Crippen LogP) is 2.60. The first-order valence-electron chi connectivity index (χ1n) is 6.65. The summed E-state index contributed by atoms with van der Waals surface area (Å²) in [4.78, 5) is 0. The molecule has 0 saturated heterocycles. The molecule has 20 heavy (non-hydrogen) atoms. The van der Waals surface area contributed by atoms with Crippen molar-refractivity contribution in [1.29, 1.82) is 0 Å². The van der Waals surface area contributed by atoms with Gasteiger partial charge in [0.15, 0.2) is 0 Å². The molecular formula is C14H19BrN4O. The average molecular weight is 339 g/mol. The Labute approximate surface area is 127 Å². The average Bonchev–Trinajstić information content (AvgIpc) is 2.87. The van der Waals surface area contributed by atoms with Gasteiger partial charge in [0.05, 0.1) is 25.5 Å². The number of benzene rings is 1. The van der Waals surface area contributed by atoms with Crippen LogP contribution in [0.2, 0.25) is 0 Å². The molecule has 0 unspecified atom stereocenters. The van der Waals surface area contributed by atoms with E-state index in [4.69, 9.17) is 4.74 Å². The van der Waals surface area contributed by atoms with Crippen LogP contribution in [0.5, 0.6) is 5.75 Å². The van der Waals surface area contributed by atoms with Gasteiger partial charge >= 0.3 is 0 Å². The van der Waals surface area contributed by atoms with Crippen molar-refractivity contribution in [2.45, 2.75) is 26.4 Å². The maximum atomic E-state index is 5.36. The first-order valence-corrected chi connectivity index (χ1v) is 7.44. The second kappa shape index (κ2) is 7.40. The topological polar surface area (TPSA) is 52.0 Å². The van der Waals surface area contributed by atoms with Gasteiger partial charge in [-0.2, -0.15) is 0 Å². The molecule has 1 aromatic heterocycles. The van der Waals surface area contributed by atoms with Gasteiger partial charge in [0.1, 0.15) is 5.75 Å². The Morgan fingerprint density at radius 2 is 2.25 bits per heavy atom. The monoisotopic (exact) mass is 338 g/mol. The van der Waals surface area contributed by atoms with Crippen LogP contribution in [0.15, 0.2) is 28.9 Å². The molecule has 0 amide bonds. The van der Waals surface area contributed by atoms with E-state index in [2.05, 4.69) is 38.5 Å². The van der Waals surface area contributed by atoms with Crippen molar-refractivity contribution < 1.29 is 4.74 Å². The third-order valence-corrected chi connectivity index (χ3v) is 3.39. The molecule has 1 heterocycles. The molecular weight excluding hydrogens is 320 g/mol. The third kappa shape index (κ3) is 4.05. The summed E-state index contributed by atoms with van der Waals surface area (Å²) in [6.07, 6.45) is 3.08. The number of aromatic nitrogens is 3. The minimum Gasteiger partial charge on any atom is -0.496 e. The van der Waals surface area contributed by atoms with Gasteiger partial charge in [-0.1, -0.05) is 28.1 Å². The molecule has 108 valence electrons. The number of hydrogen-bond acceptors (Lipinski definition) is 4. The first-order chi connectivity index (χ1) is 9.72. The van der Waals surface area contributed by atoms with E-state index in [0.717, 1.165) is 41.0 Å². The minimum absolute atomic E-state index is 0.642. The number of rotatable bonds is 7. The number of methoxy groups -OCH3 is 1. The molecule has 0 bridgehead atoms. The van der Waals surface area contributed by atoms with Gasteiger partial charge < -0.3 is 10.1 Å². The highest BCUT2D eigenvalue weighted by atomic mass is 79.9. The van der Waals surface area contributed by atoms with E-state index < -0.39 is 0 Å². The predicted molar refractivity (Wildman–Crippen MR) is 81.8 cm³/mol. The maximum Gasteiger partial charge on any atom is 0.124 e. The van der Waals surface area contributed by atoms with E-state index in [1.54, 1.807) is 7.11 Å². The quantitative estimate of drug-likeness (QED) is 0.788. The molecule has 0 aliphatic rings. The standard InChI is InChI=1S/C14H19BrN4O/c1-3-6-16-8-13-10-19(18-17-13)9-11-7-12(15)4-5-14(11)20-2/h4-5,7,10,16H,3,6,8-9H2,1-2H3. The second-order valence-electron chi connectivity index (χ2n) is 4.54. The summed E-state index contributed by atoms with van der Waals surface area (Å²) in [5.74, 6) is 0.856. The van der Waals surface area contributed by atoms with Crippen LogP contribution in [0, 0.1) is 0 Å². The molecule has 0 spiro atoms. The van der Waals surface area contributed by atoms with E-state index in [1.807, 2.05) is 29.1 Å². The van der Waals surface area contributed by atoms with Crippen molar-refractivity contribution in [2.24, 2.45) is 0 Å². The minimum atomic E-state index is 0.642. The van der Waals surface area contributed by atoms with Crippen molar-refractivity contribution in [3.05, 3.63) is 40.1 Å². The molecule has 0 aliphatic heterocycles. The van der Waals surface area contributed by atoms with Crippen LogP contribution < -0.4 is 10.1 Å². The van der Waals surface area contributed by atoms with Crippen molar-refractivity contribution >= 4 is 15.9 Å². The molecule has 0 aliphatic carbocycles. The van der Waals surface area contributed by atoms with Crippen molar-refractivity contribution in [3.8, 4) is 5.75 Å². The third-order valence-electron chi connectivity index (χ3n) is 2.89. The Morgan fingerprint density at radius 3 is 3.00 bits per heavy atom. The van der Waals surface area contributed by atoms with Crippen LogP contribution in [0.1, 0.15) is 24.6 Å². The zero-order valence-corrected chi connectivity index (χ0v) is 13.4. The molecule has 2 rings (SSSR count). The summed E-state index contributed by atoms with van der Waals surface area (Å²) in [7, 11) is 1.67. The van der Waals surface area contributed by atoms with Crippen molar-refractivity contribution in [2.75, 3.05) is 13.7 Å². The highest BCUT2D eigenvalue weighted by Crippen LogP contribution is 2.23. The zero-order chi connectivity index (χ0) is 14.4. The summed E-state index contributed by atoms with van der Waals surface area (Å²) in [6.45, 7) is 4.53. The first kappa shape index (κ1) is 15.0. The van der Waals surface area contributed by atoms with Crippen molar-refractivity contribution in [3.63, 3.8) is 0 Å². The number of ether oxygens (including phenoxy) is 1. The molecule has 0 atom stereocenters. The Morgan fingerprint density at radius 1 is 1.40 bits per heavy atom. The highest BCUT2D eigenvalue weighted by molar-refractivity contribution is 9.10. The van der Waals surface area contributed by atoms with Crippen LogP contribution in [0.3, 0.4) is 0 Å². The lowest BCUT2D eigenvalue weighted by atomic mass is 10.2. The second-order valence-corrected chi connectivity index (χ2v) is 5.46. The number of nitrogens with zero attached hydrogens (tertiary/aromatic N) is 3. The largest absolute Gasteiger partial charge is 0.496 e. The normalized spacial score (nSPS) is 10.8. The van der Waals surface area contributed by atoms with E-state index in [9.17, 15) is 0 Å². The number of hydrogen-bond donors (Lipinski definition) is 1. The van der Waals surface area contributed by atoms with Crippen LogP contribution >= 0.6 is 15.9 Å². The van der Waals surface area contributed by atoms with Gasteiger partial charge in [-0.25, -0.2) is 4.68 Å². The fourth-order valence-corrected chi connectivity index (χ4v) is 2.34. The Balaban J connectivity index is 2.04. The Kier molecular flexibility index (Phi) is 5.55. The van der Waals surface area contributed by atoms with Crippen LogP contribution in [0.25, 0.3) is 0 Å². The van der Waals surface area contributed by atoms with Gasteiger partial charge in [0.2, 0.25) is 0 Å². The molecule has 2 aromatic rings. The van der Waals surface area contributed by atoms with E-state index in [-0.39, 0.29) is 0 Å². The molecule has 1 N–H and O–H groups in total. The Hall–Kier alpha value is -1.40. The maximum absolute atomic E-state index is 5.36. The molecule has 1 aromatic carbocycles. The summed E-state index contributed by atoms with van der Waals surface area (Å²) >= 11 is 3.48. The van der Waals surface area contributed by atoms with Crippen LogP contribution in [-0.2, 0) is 13.1 Å². The molecule has 5 nitrogen and oxygen atoms in total. The van der Waals surface area contributed by atoms with Gasteiger partial charge in [-0.05, 0) is 31.2 Å². The highest BCUT2D eigenvalue weighted by Gasteiger charge is 2.07. The molecule has 6 heteroatoms. The summed E-state index contributed by atoms with van der Waals surface area (Å²) in [6, 6.07) is 5.94. The van der Waals surface area contributed by atoms with Crippen LogP contribution in [0.4, 0.5) is 0 Å². The van der Waals surface area contributed by atoms with Crippen LogP contribution in [-0.4, -0.2) is 28.6 Å². The van der Waals surface area contributed by atoms with E-state index >= 15 is 0 Å². The summed E-state index contributed by atoms with van der Waals surface area (Å²) < 4.78 is 8.22.